The molecular formula is C14H23N. The summed E-state index contributed by atoms with van der Waals surface area (Å²) in [6.45, 7) is 7.62. The van der Waals surface area contributed by atoms with Crippen molar-refractivity contribution in [3.05, 3.63) is 29.3 Å². The predicted octanol–water partition coefficient (Wildman–Crippen LogP) is 4.02. The summed E-state index contributed by atoms with van der Waals surface area (Å²) in [4.78, 5) is 0. The van der Waals surface area contributed by atoms with Crippen LogP contribution in [0.25, 0.3) is 0 Å². The first kappa shape index (κ1) is 12.1. The summed E-state index contributed by atoms with van der Waals surface area (Å²) in [5.74, 6) is 0. The Morgan fingerprint density at radius 1 is 1.00 bits per heavy atom. The quantitative estimate of drug-likeness (QED) is 0.739. The number of hydrogen-bond acceptors (Lipinski definition) is 1. The highest BCUT2D eigenvalue weighted by Crippen LogP contribution is 2.20. The number of hydrogen-bond donors (Lipinski definition) is 1. The summed E-state index contributed by atoms with van der Waals surface area (Å²) >= 11 is 0. The van der Waals surface area contributed by atoms with E-state index in [2.05, 4.69) is 44.3 Å². The number of nitrogens with one attached hydrogen (secondary N) is 1. The van der Waals surface area contributed by atoms with Crippen LogP contribution in [0, 0.1) is 0 Å². The molecule has 0 spiro atoms. The van der Waals surface area contributed by atoms with Crippen molar-refractivity contribution in [1.29, 1.82) is 0 Å². The fraction of sp³-hybridized carbons (Fsp3) is 0.571. The highest BCUT2D eigenvalue weighted by Gasteiger charge is 2.02. The smallest absolute Gasteiger partial charge is 0.0375 e. The van der Waals surface area contributed by atoms with E-state index in [4.69, 9.17) is 0 Å². The van der Waals surface area contributed by atoms with Gasteiger partial charge < -0.3 is 5.32 Å². The third kappa shape index (κ3) is 3.58. The molecule has 1 nitrogen and oxygen atoms in total. The van der Waals surface area contributed by atoms with Gasteiger partial charge >= 0.3 is 0 Å². The van der Waals surface area contributed by atoms with E-state index in [9.17, 15) is 0 Å². The van der Waals surface area contributed by atoms with Gasteiger partial charge in [-0.3, -0.25) is 0 Å². The maximum absolute atomic E-state index is 3.46. The van der Waals surface area contributed by atoms with E-state index in [0.29, 0.717) is 0 Å². The van der Waals surface area contributed by atoms with Crippen LogP contribution in [0.15, 0.2) is 18.2 Å². The Morgan fingerprint density at radius 3 is 2.33 bits per heavy atom. The lowest BCUT2D eigenvalue weighted by Gasteiger charge is -2.12. The minimum Gasteiger partial charge on any atom is -0.385 e. The van der Waals surface area contributed by atoms with Gasteiger partial charge in [0.1, 0.15) is 0 Å². The molecule has 0 aromatic heterocycles. The standard InChI is InChI=1S/C14H23N/c1-4-7-12-9-10-13(8-5-2)14(11-12)15-6-3/h9-11,15H,4-8H2,1-3H3. The molecule has 1 rings (SSSR count). The number of benzene rings is 1. The fourth-order valence-electron chi connectivity index (χ4n) is 1.91. The molecule has 1 N–H and O–H groups in total. The van der Waals surface area contributed by atoms with Crippen LogP contribution in [0.2, 0.25) is 0 Å². The Hall–Kier alpha value is -0.980. The molecular weight excluding hydrogens is 182 g/mol. The van der Waals surface area contributed by atoms with E-state index in [-0.39, 0.29) is 0 Å². The van der Waals surface area contributed by atoms with Gasteiger partial charge in [0.25, 0.3) is 0 Å². The molecule has 84 valence electrons. The first-order chi connectivity index (χ1) is 7.31. The van der Waals surface area contributed by atoms with Gasteiger partial charge in [0.15, 0.2) is 0 Å². The van der Waals surface area contributed by atoms with E-state index < -0.39 is 0 Å². The molecule has 0 bridgehead atoms. The van der Waals surface area contributed by atoms with Crippen molar-refractivity contribution in [2.45, 2.75) is 46.5 Å². The molecule has 1 aromatic carbocycles. The zero-order valence-corrected chi connectivity index (χ0v) is 10.3. The van der Waals surface area contributed by atoms with Crippen molar-refractivity contribution in [3.8, 4) is 0 Å². The van der Waals surface area contributed by atoms with Crippen molar-refractivity contribution >= 4 is 5.69 Å². The SMILES string of the molecule is CCCc1ccc(CCC)c(NCC)c1. The zero-order valence-electron chi connectivity index (χ0n) is 10.3. The minimum absolute atomic E-state index is 1.01. The van der Waals surface area contributed by atoms with Gasteiger partial charge in [-0.2, -0.15) is 0 Å². The largest absolute Gasteiger partial charge is 0.385 e. The Morgan fingerprint density at radius 2 is 1.73 bits per heavy atom. The molecule has 0 aliphatic rings. The lowest BCUT2D eigenvalue weighted by molar-refractivity contribution is 0.903. The van der Waals surface area contributed by atoms with Crippen LogP contribution in [-0.2, 0) is 12.8 Å². The molecule has 0 saturated heterocycles. The number of rotatable bonds is 6. The predicted molar refractivity (Wildman–Crippen MR) is 68.6 cm³/mol. The first-order valence-corrected chi connectivity index (χ1v) is 6.17. The topological polar surface area (TPSA) is 12.0 Å². The summed E-state index contributed by atoms with van der Waals surface area (Å²) in [5.41, 5.74) is 4.25. The second-order valence-electron chi connectivity index (χ2n) is 4.02. The third-order valence-corrected chi connectivity index (χ3v) is 2.60. The summed E-state index contributed by atoms with van der Waals surface area (Å²) in [6.07, 6.45) is 4.80. The maximum Gasteiger partial charge on any atom is 0.0375 e. The molecule has 1 aromatic rings. The van der Waals surface area contributed by atoms with Crippen molar-refractivity contribution < 1.29 is 0 Å². The normalized spacial score (nSPS) is 10.3. The van der Waals surface area contributed by atoms with Crippen LogP contribution >= 0.6 is 0 Å². The first-order valence-electron chi connectivity index (χ1n) is 6.17. The highest BCUT2D eigenvalue weighted by atomic mass is 14.9. The Bertz CT molecular complexity index is 291. The van der Waals surface area contributed by atoms with Gasteiger partial charge in [0, 0.05) is 12.2 Å². The monoisotopic (exact) mass is 205 g/mol. The third-order valence-electron chi connectivity index (χ3n) is 2.60. The molecule has 0 radical (unpaired) electrons. The molecule has 0 amide bonds. The molecule has 15 heavy (non-hydrogen) atoms. The van der Waals surface area contributed by atoms with Crippen molar-refractivity contribution in [3.63, 3.8) is 0 Å². The molecule has 0 unspecified atom stereocenters. The summed E-state index contributed by atoms with van der Waals surface area (Å²) < 4.78 is 0. The van der Waals surface area contributed by atoms with E-state index in [1.807, 2.05) is 0 Å². The van der Waals surface area contributed by atoms with Crippen LogP contribution in [0.1, 0.15) is 44.7 Å². The average Bonchev–Trinajstić information content (AvgIpc) is 2.23. The van der Waals surface area contributed by atoms with Crippen molar-refractivity contribution in [2.24, 2.45) is 0 Å². The van der Waals surface area contributed by atoms with Crippen molar-refractivity contribution in [2.75, 3.05) is 11.9 Å². The summed E-state index contributed by atoms with van der Waals surface area (Å²) in [7, 11) is 0. The van der Waals surface area contributed by atoms with Gasteiger partial charge in [-0.1, -0.05) is 38.8 Å². The minimum atomic E-state index is 1.01. The van der Waals surface area contributed by atoms with Crippen LogP contribution < -0.4 is 5.32 Å². The highest BCUT2D eigenvalue weighted by molar-refractivity contribution is 5.53. The van der Waals surface area contributed by atoms with E-state index in [0.717, 1.165) is 6.54 Å². The zero-order chi connectivity index (χ0) is 11.1. The maximum atomic E-state index is 3.46. The Labute approximate surface area is 93.9 Å². The summed E-state index contributed by atoms with van der Waals surface area (Å²) in [5, 5.41) is 3.46. The molecule has 1 heteroatoms. The van der Waals surface area contributed by atoms with E-state index >= 15 is 0 Å². The molecule has 0 aliphatic carbocycles. The Balaban J connectivity index is 2.87. The molecule has 0 saturated carbocycles. The van der Waals surface area contributed by atoms with Gasteiger partial charge in [0.2, 0.25) is 0 Å². The van der Waals surface area contributed by atoms with Gasteiger partial charge in [-0.05, 0) is 37.0 Å². The van der Waals surface area contributed by atoms with E-state index in [1.165, 1.54) is 42.5 Å². The second-order valence-corrected chi connectivity index (χ2v) is 4.02. The Kier molecular flexibility index (Phi) is 5.23. The fourth-order valence-corrected chi connectivity index (χ4v) is 1.91. The van der Waals surface area contributed by atoms with Gasteiger partial charge in [0.05, 0.1) is 0 Å². The van der Waals surface area contributed by atoms with Crippen LogP contribution in [0.5, 0.6) is 0 Å². The average molecular weight is 205 g/mol. The number of anilines is 1. The lowest BCUT2D eigenvalue weighted by atomic mass is 10.0. The molecule has 0 fully saturated rings. The van der Waals surface area contributed by atoms with Crippen LogP contribution in [-0.4, -0.2) is 6.54 Å². The van der Waals surface area contributed by atoms with Gasteiger partial charge in [-0.15, -0.1) is 0 Å². The molecule has 0 atom stereocenters. The second kappa shape index (κ2) is 6.49. The van der Waals surface area contributed by atoms with Crippen LogP contribution in [0.3, 0.4) is 0 Å². The van der Waals surface area contributed by atoms with Gasteiger partial charge in [-0.25, -0.2) is 0 Å². The van der Waals surface area contributed by atoms with E-state index in [1.54, 1.807) is 0 Å². The molecule has 0 heterocycles. The summed E-state index contributed by atoms with van der Waals surface area (Å²) in [6, 6.07) is 6.87. The van der Waals surface area contributed by atoms with Crippen LogP contribution in [0.4, 0.5) is 5.69 Å². The lowest BCUT2D eigenvalue weighted by Crippen LogP contribution is -2.01. The number of aryl methyl sites for hydroxylation is 2. The van der Waals surface area contributed by atoms with Crippen molar-refractivity contribution in [1.82, 2.24) is 0 Å². The molecule has 0 aliphatic heterocycles.